The van der Waals surface area contributed by atoms with Crippen LogP contribution in [-0.4, -0.2) is 14.2 Å². The second kappa shape index (κ2) is 7.01. The lowest BCUT2D eigenvalue weighted by Gasteiger charge is -2.13. The van der Waals surface area contributed by atoms with E-state index in [1.165, 1.54) is 12.1 Å². The molecule has 112 valence electrons. The lowest BCUT2D eigenvalue weighted by atomic mass is 10.0. The fourth-order valence-electron chi connectivity index (χ4n) is 2.08. The predicted octanol–water partition coefficient (Wildman–Crippen LogP) is 5.02. The number of benzene rings is 2. The van der Waals surface area contributed by atoms with Crippen LogP contribution in [0.25, 0.3) is 0 Å². The number of alkyl halides is 1. The van der Waals surface area contributed by atoms with Crippen molar-refractivity contribution in [2.45, 2.75) is 11.8 Å². The van der Waals surface area contributed by atoms with Gasteiger partial charge >= 0.3 is 0 Å². The van der Waals surface area contributed by atoms with Gasteiger partial charge in [-0.05, 0) is 42.3 Å². The number of methoxy groups -OCH3 is 2. The van der Waals surface area contributed by atoms with E-state index in [-0.39, 0.29) is 5.82 Å². The molecule has 1 atom stereocenters. The highest BCUT2D eigenvalue weighted by atomic mass is 35.5. The Balaban J connectivity index is 2.23. The number of ether oxygens (including phenoxy) is 2. The molecular formula is C16H15Cl2FO2. The van der Waals surface area contributed by atoms with E-state index in [0.29, 0.717) is 28.5 Å². The molecule has 0 aliphatic heterocycles. The van der Waals surface area contributed by atoms with Gasteiger partial charge in [0.1, 0.15) is 5.82 Å². The van der Waals surface area contributed by atoms with Crippen molar-refractivity contribution in [2.24, 2.45) is 0 Å². The molecule has 0 aliphatic carbocycles. The minimum absolute atomic E-state index is 0.361. The van der Waals surface area contributed by atoms with Crippen LogP contribution in [0.1, 0.15) is 16.5 Å². The predicted molar refractivity (Wildman–Crippen MR) is 83.3 cm³/mol. The highest BCUT2D eigenvalue weighted by Gasteiger charge is 2.15. The zero-order chi connectivity index (χ0) is 15.4. The van der Waals surface area contributed by atoms with Crippen LogP contribution >= 0.6 is 23.2 Å². The third-order valence-electron chi connectivity index (χ3n) is 3.16. The third kappa shape index (κ3) is 3.80. The Morgan fingerprint density at radius 1 is 1.05 bits per heavy atom. The van der Waals surface area contributed by atoms with Crippen LogP contribution in [0.5, 0.6) is 11.5 Å². The molecule has 0 N–H and O–H groups in total. The van der Waals surface area contributed by atoms with Gasteiger partial charge in [0.2, 0.25) is 0 Å². The molecule has 5 heteroatoms. The van der Waals surface area contributed by atoms with Gasteiger partial charge in [-0.3, -0.25) is 0 Å². The first-order valence-corrected chi connectivity index (χ1v) is 7.16. The molecule has 0 aliphatic rings. The maximum absolute atomic E-state index is 13.8. The van der Waals surface area contributed by atoms with Gasteiger partial charge < -0.3 is 9.47 Å². The van der Waals surface area contributed by atoms with Gasteiger partial charge in [-0.25, -0.2) is 4.39 Å². The van der Waals surface area contributed by atoms with Gasteiger partial charge in [0.15, 0.2) is 11.5 Å². The van der Waals surface area contributed by atoms with Crippen LogP contribution in [0.3, 0.4) is 0 Å². The van der Waals surface area contributed by atoms with Crippen molar-refractivity contribution >= 4 is 23.2 Å². The summed E-state index contributed by atoms with van der Waals surface area (Å²) in [6.07, 6.45) is 0.458. The van der Waals surface area contributed by atoms with Gasteiger partial charge in [-0.15, -0.1) is 11.6 Å². The number of halogens is 3. The van der Waals surface area contributed by atoms with Crippen molar-refractivity contribution < 1.29 is 13.9 Å². The second-order valence-electron chi connectivity index (χ2n) is 4.53. The third-order valence-corrected chi connectivity index (χ3v) is 3.78. The zero-order valence-electron chi connectivity index (χ0n) is 11.7. The fourth-order valence-corrected chi connectivity index (χ4v) is 2.61. The van der Waals surface area contributed by atoms with Gasteiger partial charge in [0.05, 0.1) is 19.6 Å². The molecule has 1 unspecified atom stereocenters. The average Bonchev–Trinajstić information content (AvgIpc) is 2.49. The Morgan fingerprint density at radius 2 is 1.76 bits per heavy atom. The summed E-state index contributed by atoms with van der Waals surface area (Å²) in [4.78, 5) is 0. The van der Waals surface area contributed by atoms with Crippen LogP contribution < -0.4 is 9.47 Å². The Morgan fingerprint density at radius 3 is 2.43 bits per heavy atom. The van der Waals surface area contributed by atoms with Crippen molar-refractivity contribution in [3.05, 3.63) is 58.4 Å². The van der Waals surface area contributed by atoms with Crippen molar-refractivity contribution in [3.8, 4) is 11.5 Å². The molecule has 0 saturated heterocycles. The number of hydrogen-bond acceptors (Lipinski definition) is 2. The van der Waals surface area contributed by atoms with E-state index in [9.17, 15) is 4.39 Å². The molecule has 0 aromatic heterocycles. The largest absolute Gasteiger partial charge is 0.493 e. The molecule has 0 saturated carbocycles. The molecule has 0 amide bonds. The van der Waals surface area contributed by atoms with Crippen LogP contribution in [0.15, 0.2) is 36.4 Å². The van der Waals surface area contributed by atoms with Crippen LogP contribution in [0.2, 0.25) is 5.02 Å². The molecule has 2 aromatic carbocycles. The van der Waals surface area contributed by atoms with Crippen LogP contribution in [0, 0.1) is 5.82 Å². The summed E-state index contributed by atoms with van der Waals surface area (Å²) in [5, 5.41) is -0.0498. The first-order valence-electron chi connectivity index (χ1n) is 6.35. The summed E-state index contributed by atoms with van der Waals surface area (Å²) in [5.74, 6) is 0.895. The van der Waals surface area contributed by atoms with Crippen LogP contribution in [0.4, 0.5) is 4.39 Å². The zero-order valence-corrected chi connectivity index (χ0v) is 13.2. The molecule has 0 bridgehead atoms. The van der Waals surface area contributed by atoms with E-state index < -0.39 is 5.38 Å². The highest BCUT2D eigenvalue weighted by molar-refractivity contribution is 6.30. The molecule has 2 aromatic rings. The minimum atomic E-state index is -0.512. The highest BCUT2D eigenvalue weighted by Crippen LogP contribution is 2.33. The maximum Gasteiger partial charge on any atom is 0.160 e. The van der Waals surface area contributed by atoms with Gasteiger partial charge in [-0.2, -0.15) is 0 Å². The number of rotatable bonds is 5. The van der Waals surface area contributed by atoms with Crippen molar-refractivity contribution in [2.75, 3.05) is 14.2 Å². The summed E-state index contributed by atoms with van der Waals surface area (Å²) in [6, 6.07) is 9.87. The Hall–Kier alpha value is -1.45. The lowest BCUT2D eigenvalue weighted by Crippen LogP contribution is -2.00. The van der Waals surface area contributed by atoms with Gasteiger partial charge in [-0.1, -0.05) is 17.7 Å². The van der Waals surface area contributed by atoms with E-state index in [0.717, 1.165) is 5.56 Å². The summed E-state index contributed by atoms with van der Waals surface area (Å²) in [7, 11) is 3.14. The van der Waals surface area contributed by atoms with E-state index in [1.54, 1.807) is 26.4 Å². The molecule has 0 radical (unpaired) electrons. The van der Waals surface area contributed by atoms with E-state index in [4.69, 9.17) is 32.7 Å². The fraction of sp³-hybridized carbons (Fsp3) is 0.250. The first-order chi connectivity index (χ1) is 10.0. The summed E-state index contributed by atoms with van der Waals surface area (Å²) >= 11 is 12.2. The van der Waals surface area contributed by atoms with Crippen LogP contribution in [-0.2, 0) is 6.42 Å². The Bertz CT molecular complexity index is 632. The van der Waals surface area contributed by atoms with Gasteiger partial charge in [0.25, 0.3) is 0 Å². The lowest BCUT2D eigenvalue weighted by molar-refractivity contribution is 0.354. The summed E-state index contributed by atoms with van der Waals surface area (Å²) in [5.41, 5.74) is 1.31. The SMILES string of the molecule is COc1ccc(CC(Cl)c2cc(Cl)ccc2F)cc1OC. The minimum Gasteiger partial charge on any atom is -0.493 e. The first kappa shape index (κ1) is 15.9. The van der Waals surface area contributed by atoms with E-state index >= 15 is 0 Å². The van der Waals surface area contributed by atoms with Crippen molar-refractivity contribution in [3.63, 3.8) is 0 Å². The van der Waals surface area contributed by atoms with E-state index in [1.807, 2.05) is 12.1 Å². The molecular weight excluding hydrogens is 314 g/mol. The monoisotopic (exact) mass is 328 g/mol. The molecule has 0 heterocycles. The Kier molecular flexibility index (Phi) is 5.32. The van der Waals surface area contributed by atoms with E-state index in [2.05, 4.69) is 0 Å². The number of hydrogen-bond donors (Lipinski definition) is 0. The summed E-state index contributed by atoms with van der Waals surface area (Å²) < 4.78 is 24.2. The Labute approximate surface area is 133 Å². The van der Waals surface area contributed by atoms with Crippen molar-refractivity contribution in [1.29, 1.82) is 0 Å². The quantitative estimate of drug-likeness (QED) is 0.717. The maximum atomic E-state index is 13.8. The molecule has 0 fully saturated rings. The standard InChI is InChI=1S/C16H15Cl2FO2/c1-20-15-6-3-10(8-16(15)21-2)7-13(18)12-9-11(17)4-5-14(12)19/h3-6,8-9,13H,7H2,1-2H3. The molecule has 2 nitrogen and oxygen atoms in total. The smallest absolute Gasteiger partial charge is 0.160 e. The van der Waals surface area contributed by atoms with Crippen molar-refractivity contribution in [1.82, 2.24) is 0 Å². The molecule has 2 rings (SSSR count). The molecule has 21 heavy (non-hydrogen) atoms. The molecule has 0 spiro atoms. The summed E-state index contributed by atoms with van der Waals surface area (Å²) in [6.45, 7) is 0. The topological polar surface area (TPSA) is 18.5 Å². The van der Waals surface area contributed by atoms with Gasteiger partial charge in [0, 0.05) is 10.6 Å². The second-order valence-corrected chi connectivity index (χ2v) is 5.49. The normalized spacial score (nSPS) is 12.0. The average molecular weight is 329 g/mol.